The Labute approximate surface area is 79.3 Å². The molecule has 1 heterocycles. The maximum absolute atomic E-state index is 12.2. The second-order valence-corrected chi connectivity index (χ2v) is 2.77. The van der Waals surface area contributed by atoms with E-state index in [-0.39, 0.29) is 0 Å². The summed E-state index contributed by atoms with van der Waals surface area (Å²) in [5.74, 6) is 0. The number of pyridine rings is 1. The first-order valence-electron chi connectivity index (χ1n) is 3.85. The van der Waals surface area contributed by atoms with Crippen LogP contribution in [0.15, 0.2) is 31.1 Å². The minimum atomic E-state index is -4.39. The molecule has 1 unspecified atom stereocenters. The van der Waals surface area contributed by atoms with Crippen molar-refractivity contribution in [1.29, 1.82) is 0 Å². The van der Waals surface area contributed by atoms with Crippen molar-refractivity contribution < 1.29 is 13.2 Å². The SMILES string of the molecule is C=CC(N)c1cncc(C(F)(F)F)c1. The van der Waals surface area contributed by atoms with Gasteiger partial charge in [0.15, 0.2) is 0 Å². The van der Waals surface area contributed by atoms with Gasteiger partial charge >= 0.3 is 6.18 Å². The first-order valence-corrected chi connectivity index (χ1v) is 3.85. The zero-order valence-corrected chi connectivity index (χ0v) is 7.25. The van der Waals surface area contributed by atoms with Crippen LogP contribution in [0.2, 0.25) is 0 Å². The summed E-state index contributed by atoms with van der Waals surface area (Å²) < 4.78 is 36.7. The van der Waals surface area contributed by atoms with E-state index in [4.69, 9.17) is 5.73 Å². The predicted octanol–water partition coefficient (Wildman–Crippen LogP) is 2.29. The van der Waals surface area contributed by atoms with Gasteiger partial charge in [0.05, 0.1) is 5.56 Å². The highest BCUT2D eigenvalue weighted by Gasteiger charge is 2.31. The Morgan fingerprint density at radius 3 is 2.57 bits per heavy atom. The molecule has 1 aromatic rings. The smallest absolute Gasteiger partial charge is 0.321 e. The average Bonchev–Trinajstić information content (AvgIpc) is 2.15. The molecule has 0 bridgehead atoms. The summed E-state index contributed by atoms with van der Waals surface area (Å²) >= 11 is 0. The standard InChI is InChI=1S/C9H9F3N2/c1-2-8(13)6-3-7(5-14-4-6)9(10,11)12/h2-5,8H,1,13H2. The molecule has 0 radical (unpaired) electrons. The molecule has 1 atom stereocenters. The lowest BCUT2D eigenvalue weighted by molar-refractivity contribution is -0.137. The fourth-order valence-corrected chi connectivity index (χ4v) is 0.931. The Hall–Kier alpha value is -1.36. The van der Waals surface area contributed by atoms with Crippen molar-refractivity contribution in [1.82, 2.24) is 4.98 Å². The van der Waals surface area contributed by atoms with Crippen LogP contribution < -0.4 is 5.73 Å². The van der Waals surface area contributed by atoms with Crippen molar-refractivity contribution in [3.8, 4) is 0 Å². The number of halogens is 3. The predicted molar refractivity (Wildman–Crippen MR) is 46.4 cm³/mol. The summed E-state index contributed by atoms with van der Waals surface area (Å²) in [6.07, 6.45) is -0.970. The highest BCUT2D eigenvalue weighted by atomic mass is 19.4. The summed E-state index contributed by atoms with van der Waals surface area (Å²) in [4.78, 5) is 3.47. The van der Waals surface area contributed by atoms with Crippen LogP contribution in [0.5, 0.6) is 0 Å². The Balaban J connectivity index is 3.07. The molecule has 0 aliphatic carbocycles. The van der Waals surface area contributed by atoms with Gasteiger partial charge in [-0.1, -0.05) is 6.08 Å². The molecule has 0 spiro atoms. The second kappa shape index (κ2) is 3.79. The summed E-state index contributed by atoms with van der Waals surface area (Å²) in [6, 6.07) is 0.351. The summed E-state index contributed by atoms with van der Waals surface area (Å²) in [7, 11) is 0. The second-order valence-electron chi connectivity index (χ2n) is 2.77. The number of rotatable bonds is 2. The molecule has 14 heavy (non-hydrogen) atoms. The summed E-state index contributed by atoms with van der Waals surface area (Å²) in [5, 5.41) is 0. The van der Waals surface area contributed by atoms with Gasteiger partial charge in [-0.25, -0.2) is 0 Å². The first kappa shape index (κ1) is 10.7. The van der Waals surface area contributed by atoms with Crippen LogP contribution in [-0.4, -0.2) is 4.98 Å². The van der Waals surface area contributed by atoms with E-state index in [9.17, 15) is 13.2 Å². The molecule has 0 amide bonds. The number of alkyl halides is 3. The maximum atomic E-state index is 12.2. The third-order valence-corrected chi connectivity index (χ3v) is 1.73. The fourth-order valence-electron chi connectivity index (χ4n) is 0.931. The maximum Gasteiger partial charge on any atom is 0.417 e. The molecule has 0 fully saturated rings. The fraction of sp³-hybridized carbons (Fsp3) is 0.222. The van der Waals surface area contributed by atoms with E-state index in [0.717, 1.165) is 12.3 Å². The van der Waals surface area contributed by atoms with Gasteiger partial charge in [-0.3, -0.25) is 4.98 Å². The van der Waals surface area contributed by atoms with Gasteiger partial charge in [0.1, 0.15) is 0 Å². The van der Waals surface area contributed by atoms with Crippen molar-refractivity contribution in [2.45, 2.75) is 12.2 Å². The highest BCUT2D eigenvalue weighted by molar-refractivity contribution is 5.25. The summed E-state index contributed by atoms with van der Waals surface area (Å²) in [5.41, 5.74) is 4.98. The highest BCUT2D eigenvalue weighted by Crippen LogP contribution is 2.29. The van der Waals surface area contributed by atoms with Crippen LogP contribution in [0.25, 0.3) is 0 Å². The van der Waals surface area contributed by atoms with Crippen molar-refractivity contribution in [2.75, 3.05) is 0 Å². The zero-order chi connectivity index (χ0) is 10.8. The van der Waals surface area contributed by atoms with Crippen LogP contribution in [0.4, 0.5) is 13.2 Å². The van der Waals surface area contributed by atoms with E-state index in [0.29, 0.717) is 5.56 Å². The zero-order valence-electron chi connectivity index (χ0n) is 7.25. The van der Waals surface area contributed by atoms with Crippen molar-refractivity contribution in [3.63, 3.8) is 0 Å². The number of hydrogen-bond acceptors (Lipinski definition) is 2. The number of nitrogens with two attached hydrogens (primary N) is 1. The van der Waals surface area contributed by atoms with Crippen LogP contribution in [-0.2, 0) is 6.18 Å². The van der Waals surface area contributed by atoms with E-state index in [1.807, 2.05) is 0 Å². The molecule has 2 nitrogen and oxygen atoms in total. The van der Waals surface area contributed by atoms with Crippen molar-refractivity contribution in [3.05, 3.63) is 42.2 Å². The first-order chi connectivity index (χ1) is 6.45. The molecule has 0 aromatic carbocycles. The molecule has 5 heteroatoms. The molecule has 0 saturated heterocycles. The van der Waals surface area contributed by atoms with Gasteiger partial charge in [-0.05, 0) is 11.6 Å². The molecule has 1 rings (SSSR count). The molecule has 0 saturated carbocycles. The molecular formula is C9H9F3N2. The monoisotopic (exact) mass is 202 g/mol. The quantitative estimate of drug-likeness (QED) is 0.747. The Morgan fingerprint density at radius 2 is 2.07 bits per heavy atom. The van der Waals surface area contributed by atoms with Gasteiger partial charge in [-0.15, -0.1) is 6.58 Å². The van der Waals surface area contributed by atoms with Crippen LogP contribution in [0, 0.1) is 0 Å². The number of aromatic nitrogens is 1. The van der Waals surface area contributed by atoms with Gasteiger partial charge in [0.2, 0.25) is 0 Å². The number of nitrogens with zero attached hydrogens (tertiary/aromatic N) is 1. The normalized spacial score (nSPS) is 13.7. The Morgan fingerprint density at radius 1 is 1.43 bits per heavy atom. The molecule has 0 aliphatic heterocycles. The van der Waals surface area contributed by atoms with Gasteiger partial charge in [-0.2, -0.15) is 13.2 Å². The van der Waals surface area contributed by atoms with E-state index >= 15 is 0 Å². The third kappa shape index (κ3) is 2.32. The molecule has 76 valence electrons. The van der Waals surface area contributed by atoms with Gasteiger partial charge < -0.3 is 5.73 Å². The van der Waals surface area contributed by atoms with Crippen molar-refractivity contribution >= 4 is 0 Å². The minimum Gasteiger partial charge on any atom is -0.321 e. The van der Waals surface area contributed by atoms with Crippen LogP contribution >= 0.6 is 0 Å². The Bertz CT molecular complexity index is 333. The lowest BCUT2D eigenvalue weighted by Gasteiger charge is -2.10. The van der Waals surface area contributed by atoms with Crippen molar-refractivity contribution in [2.24, 2.45) is 5.73 Å². The van der Waals surface area contributed by atoms with Crippen LogP contribution in [0.1, 0.15) is 17.2 Å². The molecule has 0 aliphatic rings. The van der Waals surface area contributed by atoms with Gasteiger partial charge in [0.25, 0.3) is 0 Å². The molecular weight excluding hydrogens is 193 g/mol. The van der Waals surface area contributed by atoms with Gasteiger partial charge in [0, 0.05) is 18.4 Å². The number of hydrogen-bond donors (Lipinski definition) is 1. The Kier molecular flexibility index (Phi) is 2.90. The van der Waals surface area contributed by atoms with E-state index in [2.05, 4.69) is 11.6 Å². The average molecular weight is 202 g/mol. The van der Waals surface area contributed by atoms with E-state index in [1.54, 1.807) is 0 Å². The third-order valence-electron chi connectivity index (χ3n) is 1.73. The minimum absolute atomic E-state index is 0.301. The molecule has 1 aromatic heterocycles. The van der Waals surface area contributed by atoms with Crippen LogP contribution in [0.3, 0.4) is 0 Å². The summed E-state index contributed by atoms with van der Waals surface area (Å²) in [6.45, 7) is 3.39. The van der Waals surface area contributed by atoms with E-state index in [1.165, 1.54) is 12.3 Å². The largest absolute Gasteiger partial charge is 0.417 e. The topological polar surface area (TPSA) is 38.9 Å². The lowest BCUT2D eigenvalue weighted by Crippen LogP contribution is -2.11. The molecule has 2 N–H and O–H groups in total. The van der Waals surface area contributed by atoms with E-state index < -0.39 is 17.8 Å². The lowest BCUT2D eigenvalue weighted by atomic mass is 10.1.